The van der Waals surface area contributed by atoms with Crippen LogP contribution in [-0.2, 0) is 13.6 Å². The van der Waals surface area contributed by atoms with E-state index in [4.69, 9.17) is 9.05 Å². The minimum absolute atomic E-state index is 0.464. The van der Waals surface area contributed by atoms with Crippen molar-refractivity contribution >= 4 is 7.60 Å². The standard InChI is InChI=1S/C12H23O3P/c1-4-7-8-11(5-2)12(6-3)16(13)14-9-10-15-16/h4-10H2,1-3H3/b12-11+. The van der Waals surface area contributed by atoms with Gasteiger partial charge >= 0.3 is 7.60 Å². The molecule has 1 rings (SSSR count). The van der Waals surface area contributed by atoms with Crippen molar-refractivity contribution in [2.75, 3.05) is 13.2 Å². The SMILES string of the molecule is CCCC/C(CC)=C(\CC)P1(=O)OCCO1. The molecule has 0 aromatic carbocycles. The Morgan fingerprint density at radius 1 is 1.12 bits per heavy atom. The molecule has 0 atom stereocenters. The first-order chi connectivity index (χ1) is 7.68. The molecule has 0 unspecified atom stereocenters. The van der Waals surface area contributed by atoms with E-state index in [0.717, 1.165) is 37.4 Å². The Hall–Kier alpha value is -0.110. The van der Waals surface area contributed by atoms with Crippen LogP contribution in [-0.4, -0.2) is 13.2 Å². The fraction of sp³-hybridized carbons (Fsp3) is 0.833. The Bertz CT molecular complexity index is 287. The number of allylic oxidation sites excluding steroid dienone is 2. The monoisotopic (exact) mass is 246 g/mol. The van der Waals surface area contributed by atoms with Crippen molar-refractivity contribution in [1.29, 1.82) is 0 Å². The lowest BCUT2D eigenvalue weighted by atomic mass is 10.1. The van der Waals surface area contributed by atoms with Crippen LogP contribution in [0.2, 0.25) is 0 Å². The summed E-state index contributed by atoms with van der Waals surface area (Å²) < 4.78 is 23.1. The Kier molecular flexibility index (Phi) is 5.74. The summed E-state index contributed by atoms with van der Waals surface area (Å²) in [5.74, 6) is 0. The van der Waals surface area contributed by atoms with Gasteiger partial charge in [-0.2, -0.15) is 0 Å². The second-order valence-corrected chi connectivity index (χ2v) is 6.08. The van der Waals surface area contributed by atoms with Gasteiger partial charge in [0.25, 0.3) is 0 Å². The lowest BCUT2D eigenvalue weighted by Crippen LogP contribution is -1.94. The topological polar surface area (TPSA) is 35.5 Å². The molecule has 3 nitrogen and oxygen atoms in total. The van der Waals surface area contributed by atoms with Gasteiger partial charge in [-0.15, -0.1) is 0 Å². The van der Waals surface area contributed by atoms with Crippen LogP contribution in [0.4, 0.5) is 0 Å². The quantitative estimate of drug-likeness (QED) is 0.648. The molecule has 0 aromatic heterocycles. The third kappa shape index (κ3) is 3.19. The summed E-state index contributed by atoms with van der Waals surface area (Å²) in [6, 6.07) is 0. The molecule has 0 bridgehead atoms. The van der Waals surface area contributed by atoms with Gasteiger partial charge in [0.15, 0.2) is 0 Å². The normalized spacial score (nSPS) is 20.9. The van der Waals surface area contributed by atoms with Crippen LogP contribution in [0.1, 0.15) is 52.9 Å². The number of hydrogen-bond donors (Lipinski definition) is 0. The molecular weight excluding hydrogens is 223 g/mol. The van der Waals surface area contributed by atoms with Crippen molar-refractivity contribution < 1.29 is 13.6 Å². The van der Waals surface area contributed by atoms with Crippen LogP contribution < -0.4 is 0 Å². The van der Waals surface area contributed by atoms with E-state index in [1.807, 2.05) is 6.92 Å². The highest BCUT2D eigenvalue weighted by atomic mass is 31.2. The molecule has 94 valence electrons. The predicted octanol–water partition coefficient (Wildman–Crippen LogP) is 4.49. The fourth-order valence-electron chi connectivity index (χ4n) is 2.06. The molecule has 0 N–H and O–H groups in total. The van der Waals surface area contributed by atoms with Crippen LogP contribution in [0.3, 0.4) is 0 Å². The summed E-state index contributed by atoms with van der Waals surface area (Å²) in [5, 5.41) is 0.931. The molecule has 0 radical (unpaired) electrons. The summed E-state index contributed by atoms with van der Waals surface area (Å²) in [6.07, 6.45) is 5.04. The third-order valence-electron chi connectivity index (χ3n) is 2.94. The zero-order valence-electron chi connectivity index (χ0n) is 10.6. The number of hydrogen-bond acceptors (Lipinski definition) is 3. The molecule has 4 heteroatoms. The van der Waals surface area contributed by atoms with Gasteiger partial charge < -0.3 is 9.05 Å². The summed E-state index contributed by atoms with van der Waals surface area (Å²) in [6.45, 7) is 7.24. The van der Waals surface area contributed by atoms with Crippen molar-refractivity contribution in [3.63, 3.8) is 0 Å². The number of rotatable bonds is 6. The maximum atomic E-state index is 12.4. The van der Waals surface area contributed by atoms with Gasteiger partial charge in [0.05, 0.1) is 13.2 Å². The summed E-state index contributed by atoms with van der Waals surface area (Å²) in [5.41, 5.74) is 1.27. The van der Waals surface area contributed by atoms with Crippen molar-refractivity contribution in [3.8, 4) is 0 Å². The third-order valence-corrected chi connectivity index (χ3v) is 5.28. The molecule has 0 amide bonds. The summed E-state index contributed by atoms with van der Waals surface area (Å²) in [4.78, 5) is 0. The smallest absolute Gasteiger partial charge is 0.303 e. The van der Waals surface area contributed by atoms with E-state index in [0.29, 0.717) is 13.2 Å². The largest absolute Gasteiger partial charge is 0.357 e. The van der Waals surface area contributed by atoms with E-state index in [1.165, 1.54) is 5.57 Å². The van der Waals surface area contributed by atoms with E-state index in [1.54, 1.807) is 0 Å². The zero-order valence-corrected chi connectivity index (χ0v) is 11.5. The Labute approximate surface area is 98.7 Å². The van der Waals surface area contributed by atoms with E-state index in [2.05, 4.69) is 13.8 Å². The van der Waals surface area contributed by atoms with Crippen LogP contribution in [0, 0.1) is 0 Å². The van der Waals surface area contributed by atoms with E-state index in [-0.39, 0.29) is 0 Å². The molecule has 1 fully saturated rings. The Morgan fingerprint density at radius 2 is 1.75 bits per heavy atom. The van der Waals surface area contributed by atoms with Gasteiger partial charge in [0.1, 0.15) is 0 Å². The maximum Gasteiger partial charge on any atom is 0.357 e. The van der Waals surface area contributed by atoms with E-state index in [9.17, 15) is 4.57 Å². The van der Waals surface area contributed by atoms with Gasteiger partial charge in [0.2, 0.25) is 0 Å². The fourth-order valence-corrected chi connectivity index (χ4v) is 4.12. The molecule has 16 heavy (non-hydrogen) atoms. The average Bonchev–Trinajstić information content (AvgIpc) is 2.72. The molecule has 1 heterocycles. The predicted molar refractivity (Wildman–Crippen MR) is 66.6 cm³/mol. The van der Waals surface area contributed by atoms with E-state index < -0.39 is 7.60 Å². The second kappa shape index (κ2) is 6.58. The average molecular weight is 246 g/mol. The van der Waals surface area contributed by atoms with Gasteiger partial charge in [0, 0.05) is 5.31 Å². The van der Waals surface area contributed by atoms with Crippen molar-refractivity contribution in [2.24, 2.45) is 0 Å². The van der Waals surface area contributed by atoms with Crippen LogP contribution >= 0.6 is 7.60 Å². The van der Waals surface area contributed by atoms with Crippen LogP contribution in [0.15, 0.2) is 10.9 Å². The molecule has 0 spiro atoms. The summed E-state index contributed by atoms with van der Waals surface area (Å²) in [7, 11) is -2.91. The first-order valence-electron chi connectivity index (χ1n) is 6.28. The van der Waals surface area contributed by atoms with Crippen molar-refractivity contribution in [3.05, 3.63) is 10.9 Å². The lowest BCUT2D eigenvalue weighted by Gasteiger charge is -2.17. The Morgan fingerprint density at radius 3 is 2.19 bits per heavy atom. The summed E-state index contributed by atoms with van der Waals surface area (Å²) >= 11 is 0. The van der Waals surface area contributed by atoms with Gasteiger partial charge in [-0.05, 0) is 25.7 Å². The van der Waals surface area contributed by atoms with Gasteiger partial charge in [-0.1, -0.05) is 32.8 Å². The van der Waals surface area contributed by atoms with Crippen LogP contribution in [0.25, 0.3) is 0 Å². The molecule has 0 aromatic rings. The second-order valence-electron chi connectivity index (χ2n) is 4.02. The molecule has 0 aliphatic carbocycles. The van der Waals surface area contributed by atoms with Gasteiger partial charge in [-0.3, -0.25) is 4.57 Å². The minimum atomic E-state index is -2.91. The zero-order chi connectivity index (χ0) is 12.0. The van der Waals surface area contributed by atoms with Gasteiger partial charge in [-0.25, -0.2) is 0 Å². The molecule has 0 saturated carbocycles. The van der Waals surface area contributed by atoms with Crippen LogP contribution in [0.5, 0.6) is 0 Å². The van der Waals surface area contributed by atoms with Crippen molar-refractivity contribution in [2.45, 2.75) is 52.9 Å². The highest BCUT2D eigenvalue weighted by Gasteiger charge is 2.35. The van der Waals surface area contributed by atoms with E-state index >= 15 is 0 Å². The highest BCUT2D eigenvalue weighted by molar-refractivity contribution is 7.58. The molecule has 1 saturated heterocycles. The first kappa shape index (κ1) is 14.0. The highest BCUT2D eigenvalue weighted by Crippen LogP contribution is 2.61. The first-order valence-corrected chi connectivity index (χ1v) is 7.82. The molecular formula is C12H23O3P. The minimum Gasteiger partial charge on any atom is -0.303 e. The molecule has 1 aliphatic heterocycles. The maximum absolute atomic E-state index is 12.4. The Balaban J connectivity index is 2.90. The number of unbranched alkanes of at least 4 members (excludes halogenated alkanes) is 1. The van der Waals surface area contributed by atoms with Crippen molar-refractivity contribution in [1.82, 2.24) is 0 Å². The molecule has 1 aliphatic rings. The lowest BCUT2D eigenvalue weighted by molar-refractivity contribution is 0.358.